The summed E-state index contributed by atoms with van der Waals surface area (Å²) >= 11 is 0. The standard InChI is InChI=1S/C14H19NO3/c1-10-5-6-12-11(8-10)4-3-7-15(12)9-14(2,18)13(16)17/h5-6,8,18H,3-4,7,9H2,1-2H3,(H,16,17). The maximum Gasteiger partial charge on any atom is 0.337 e. The van der Waals surface area contributed by atoms with Gasteiger partial charge in [-0.2, -0.15) is 0 Å². The Morgan fingerprint density at radius 3 is 2.89 bits per heavy atom. The molecule has 0 radical (unpaired) electrons. The highest BCUT2D eigenvalue weighted by atomic mass is 16.4. The van der Waals surface area contributed by atoms with Gasteiger partial charge in [0.2, 0.25) is 0 Å². The van der Waals surface area contributed by atoms with Crippen molar-refractivity contribution in [3.8, 4) is 0 Å². The van der Waals surface area contributed by atoms with Gasteiger partial charge in [-0.3, -0.25) is 0 Å². The molecule has 0 fully saturated rings. The number of hydrogen-bond acceptors (Lipinski definition) is 3. The molecule has 1 atom stereocenters. The number of hydrogen-bond donors (Lipinski definition) is 2. The maximum absolute atomic E-state index is 11.0. The highest BCUT2D eigenvalue weighted by Gasteiger charge is 2.33. The number of aryl methyl sites for hydroxylation is 2. The Morgan fingerprint density at radius 1 is 1.50 bits per heavy atom. The van der Waals surface area contributed by atoms with E-state index in [0.29, 0.717) is 0 Å². The predicted octanol–water partition coefficient (Wildman–Crippen LogP) is 1.58. The van der Waals surface area contributed by atoms with Crippen molar-refractivity contribution < 1.29 is 15.0 Å². The van der Waals surface area contributed by atoms with Crippen LogP contribution in [-0.4, -0.2) is 34.9 Å². The van der Waals surface area contributed by atoms with E-state index in [1.807, 2.05) is 24.0 Å². The molecule has 18 heavy (non-hydrogen) atoms. The van der Waals surface area contributed by atoms with Crippen molar-refractivity contribution in [2.24, 2.45) is 0 Å². The summed E-state index contributed by atoms with van der Waals surface area (Å²) in [6.45, 7) is 4.31. The second-order valence-electron chi connectivity index (χ2n) is 5.24. The minimum Gasteiger partial charge on any atom is -0.479 e. The Bertz CT molecular complexity index is 468. The quantitative estimate of drug-likeness (QED) is 0.854. The molecule has 1 aromatic carbocycles. The van der Waals surface area contributed by atoms with Crippen LogP contribution >= 0.6 is 0 Å². The third-order valence-electron chi connectivity index (χ3n) is 3.41. The molecule has 1 aromatic rings. The zero-order valence-corrected chi connectivity index (χ0v) is 10.8. The fourth-order valence-corrected chi connectivity index (χ4v) is 2.41. The van der Waals surface area contributed by atoms with E-state index in [2.05, 4.69) is 6.07 Å². The molecule has 0 amide bonds. The van der Waals surface area contributed by atoms with Crippen LogP contribution in [0.4, 0.5) is 5.69 Å². The van der Waals surface area contributed by atoms with Gasteiger partial charge in [0, 0.05) is 12.2 Å². The number of fused-ring (bicyclic) bond motifs is 1. The van der Waals surface area contributed by atoms with E-state index < -0.39 is 11.6 Å². The molecule has 2 rings (SSSR count). The van der Waals surface area contributed by atoms with E-state index in [-0.39, 0.29) is 6.54 Å². The largest absolute Gasteiger partial charge is 0.479 e. The summed E-state index contributed by atoms with van der Waals surface area (Å²) in [5.41, 5.74) is 1.79. The molecule has 4 nitrogen and oxygen atoms in total. The topological polar surface area (TPSA) is 60.8 Å². The van der Waals surface area contributed by atoms with Crippen molar-refractivity contribution in [3.63, 3.8) is 0 Å². The van der Waals surface area contributed by atoms with Gasteiger partial charge in [-0.05, 0) is 38.3 Å². The number of carboxylic acid groups (broad SMARTS) is 1. The van der Waals surface area contributed by atoms with Crippen LogP contribution in [0.1, 0.15) is 24.5 Å². The third-order valence-corrected chi connectivity index (χ3v) is 3.41. The number of rotatable bonds is 3. The van der Waals surface area contributed by atoms with Crippen molar-refractivity contribution in [1.29, 1.82) is 0 Å². The van der Waals surface area contributed by atoms with Crippen LogP contribution in [0.3, 0.4) is 0 Å². The van der Waals surface area contributed by atoms with Crippen LogP contribution < -0.4 is 4.90 Å². The molecule has 1 heterocycles. The first-order valence-electron chi connectivity index (χ1n) is 6.20. The Morgan fingerprint density at radius 2 is 2.22 bits per heavy atom. The van der Waals surface area contributed by atoms with Crippen molar-refractivity contribution in [3.05, 3.63) is 29.3 Å². The number of nitrogens with zero attached hydrogens (tertiary/aromatic N) is 1. The van der Waals surface area contributed by atoms with Crippen LogP contribution in [-0.2, 0) is 11.2 Å². The van der Waals surface area contributed by atoms with Crippen molar-refractivity contribution in [2.75, 3.05) is 18.0 Å². The summed E-state index contributed by atoms with van der Waals surface area (Å²) in [4.78, 5) is 12.9. The summed E-state index contributed by atoms with van der Waals surface area (Å²) in [6.07, 6.45) is 2.01. The monoisotopic (exact) mass is 249 g/mol. The zero-order chi connectivity index (χ0) is 13.3. The van der Waals surface area contributed by atoms with Crippen LogP contribution in [0.5, 0.6) is 0 Å². The zero-order valence-electron chi connectivity index (χ0n) is 10.8. The first-order valence-corrected chi connectivity index (χ1v) is 6.20. The van der Waals surface area contributed by atoms with E-state index >= 15 is 0 Å². The number of benzene rings is 1. The van der Waals surface area contributed by atoms with E-state index in [4.69, 9.17) is 5.11 Å². The summed E-state index contributed by atoms with van der Waals surface area (Å²) in [7, 11) is 0. The third kappa shape index (κ3) is 2.48. The molecule has 0 spiro atoms. The second-order valence-corrected chi connectivity index (χ2v) is 5.24. The van der Waals surface area contributed by atoms with Crippen LogP contribution in [0.15, 0.2) is 18.2 Å². The van der Waals surface area contributed by atoms with Gasteiger partial charge in [0.25, 0.3) is 0 Å². The van der Waals surface area contributed by atoms with Gasteiger partial charge >= 0.3 is 5.97 Å². The lowest BCUT2D eigenvalue weighted by molar-refractivity contribution is -0.155. The SMILES string of the molecule is Cc1ccc2c(c1)CCCN2CC(C)(O)C(=O)O. The molecular formula is C14H19NO3. The van der Waals surface area contributed by atoms with E-state index in [9.17, 15) is 9.90 Å². The number of aliphatic hydroxyl groups is 1. The Hall–Kier alpha value is -1.55. The van der Waals surface area contributed by atoms with E-state index in [0.717, 1.165) is 25.1 Å². The summed E-state index contributed by atoms with van der Waals surface area (Å²) in [5, 5.41) is 18.9. The van der Waals surface area contributed by atoms with Crippen LogP contribution in [0, 0.1) is 6.92 Å². The molecule has 0 bridgehead atoms. The molecule has 1 aliphatic rings. The molecule has 2 N–H and O–H groups in total. The second kappa shape index (κ2) is 4.61. The number of aliphatic carboxylic acids is 1. The number of anilines is 1. The highest BCUT2D eigenvalue weighted by Crippen LogP contribution is 2.29. The average Bonchev–Trinajstić information content (AvgIpc) is 2.28. The highest BCUT2D eigenvalue weighted by molar-refractivity contribution is 5.77. The normalized spacial score (nSPS) is 18.1. The fourth-order valence-electron chi connectivity index (χ4n) is 2.41. The lowest BCUT2D eigenvalue weighted by Crippen LogP contribution is -2.48. The van der Waals surface area contributed by atoms with E-state index in [1.54, 1.807) is 0 Å². The molecular weight excluding hydrogens is 230 g/mol. The minimum atomic E-state index is -1.71. The Balaban J connectivity index is 2.25. The number of carboxylic acids is 1. The molecule has 0 saturated heterocycles. The molecule has 98 valence electrons. The maximum atomic E-state index is 11.0. The summed E-state index contributed by atoms with van der Waals surface area (Å²) < 4.78 is 0. The van der Waals surface area contributed by atoms with Gasteiger partial charge in [0.15, 0.2) is 5.60 Å². The van der Waals surface area contributed by atoms with Crippen molar-refractivity contribution in [1.82, 2.24) is 0 Å². The van der Waals surface area contributed by atoms with Crippen molar-refractivity contribution in [2.45, 2.75) is 32.3 Å². The van der Waals surface area contributed by atoms with Gasteiger partial charge in [0.1, 0.15) is 0 Å². The van der Waals surface area contributed by atoms with Gasteiger partial charge in [0.05, 0.1) is 6.54 Å². The van der Waals surface area contributed by atoms with Gasteiger partial charge in [-0.1, -0.05) is 17.7 Å². The summed E-state index contributed by atoms with van der Waals surface area (Å²) in [5.74, 6) is -1.18. The molecule has 4 heteroatoms. The lowest BCUT2D eigenvalue weighted by atomic mass is 9.97. The Labute approximate surface area is 107 Å². The van der Waals surface area contributed by atoms with E-state index in [1.165, 1.54) is 18.1 Å². The molecule has 0 aromatic heterocycles. The van der Waals surface area contributed by atoms with Gasteiger partial charge in [-0.15, -0.1) is 0 Å². The fraction of sp³-hybridized carbons (Fsp3) is 0.500. The molecule has 1 unspecified atom stereocenters. The number of β-amino-alcohol motifs (C(OH)–C–C–N with tert-alkyl or cyclic N) is 1. The van der Waals surface area contributed by atoms with Crippen LogP contribution in [0.25, 0.3) is 0 Å². The number of carbonyl (C=O) groups is 1. The predicted molar refractivity (Wildman–Crippen MR) is 70.0 cm³/mol. The molecule has 1 aliphatic heterocycles. The smallest absolute Gasteiger partial charge is 0.337 e. The lowest BCUT2D eigenvalue weighted by Gasteiger charge is -2.35. The first-order chi connectivity index (χ1) is 8.40. The van der Waals surface area contributed by atoms with Gasteiger partial charge < -0.3 is 15.1 Å². The minimum absolute atomic E-state index is 0.123. The first kappa shape index (κ1) is 12.9. The van der Waals surface area contributed by atoms with Gasteiger partial charge in [-0.25, -0.2) is 4.79 Å². The van der Waals surface area contributed by atoms with Crippen molar-refractivity contribution >= 4 is 11.7 Å². The summed E-state index contributed by atoms with van der Waals surface area (Å²) in [6, 6.07) is 6.17. The molecule has 0 aliphatic carbocycles. The van der Waals surface area contributed by atoms with Crippen LogP contribution in [0.2, 0.25) is 0 Å². The average molecular weight is 249 g/mol. The Kier molecular flexibility index (Phi) is 3.30. The molecule has 0 saturated carbocycles.